The van der Waals surface area contributed by atoms with Gasteiger partial charge in [-0.05, 0) is 54.1 Å². The molecule has 0 aliphatic carbocycles. The first-order valence-corrected chi connectivity index (χ1v) is 12.4. The van der Waals surface area contributed by atoms with E-state index in [2.05, 4.69) is 17.2 Å². The van der Waals surface area contributed by atoms with Crippen LogP contribution in [0.4, 0.5) is 21.2 Å². The standard InChI is InChI=1S/C23H21N3O5S2/c1-2-31-22(27)19-12-14-32-21(19)25-23(28)24-17-9-5-10-18(15-17)33(29,30)26-13-6-8-16-7-3-4-11-20(16)26/h2-5,7,9-12,14-15H,1,6,8,13H2,(H2,24,25,28). The summed E-state index contributed by atoms with van der Waals surface area (Å²) in [5.74, 6) is -0.642. The predicted octanol–water partition coefficient (Wildman–Crippen LogP) is 4.83. The van der Waals surface area contributed by atoms with Crippen molar-refractivity contribution in [2.75, 3.05) is 21.5 Å². The summed E-state index contributed by atoms with van der Waals surface area (Å²) in [7, 11) is -3.81. The van der Waals surface area contributed by atoms with Crippen molar-refractivity contribution >= 4 is 49.7 Å². The van der Waals surface area contributed by atoms with Crippen LogP contribution in [0.25, 0.3) is 0 Å². The van der Waals surface area contributed by atoms with Gasteiger partial charge in [-0.3, -0.25) is 9.62 Å². The number of esters is 1. The van der Waals surface area contributed by atoms with Gasteiger partial charge >= 0.3 is 12.0 Å². The average Bonchev–Trinajstić information content (AvgIpc) is 3.27. The van der Waals surface area contributed by atoms with Crippen LogP contribution in [0.1, 0.15) is 22.3 Å². The summed E-state index contributed by atoms with van der Waals surface area (Å²) in [5, 5.41) is 7.14. The van der Waals surface area contributed by atoms with Crippen LogP contribution in [0.15, 0.2) is 77.7 Å². The number of amides is 2. The molecule has 3 aromatic rings. The summed E-state index contributed by atoms with van der Waals surface area (Å²) < 4.78 is 32.9. The summed E-state index contributed by atoms with van der Waals surface area (Å²) in [5.41, 5.74) is 2.15. The quantitative estimate of drug-likeness (QED) is 0.386. The predicted molar refractivity (Wildman–Crippen MR) is 128 cm³/mol. The topological polar surface area (TPSA) is 105 Å². The lowest BCUT2D eigenvalue weighted by Gasteiger charge is -2.30. The largest absolute Gasteiger partial charge is 0.431 e. The van der Waals surface area contributed by atoms with E-state index in [1.807, 2.05) is 18.2 Å². The van der Waals surface area contributed by atoms with E-state index in [9.17, 15) is 18.0 Å². The molecule has 0 radical (unpaired) electrons. The molecule has 2 aromatic carbocycles. The molecule has 33 heavy (non-hydrogen) atoms. The number of sulfonamides is 1. The highest BCUT2D eigenvalue weighted by Crippen LogP contribution is 2.32. The van der Waals surface area contributed by atoms with Crippen molar-refractivity contribution in [1.82, 2.24) is 0 Å². The second kappa shape index (κ2) is 9.47. The summed E-state index contributed by atoms with van der Waals surface area (Å²) in [6, 6.07) is 14.4. The smallest absolute Gasteiger partial charge is 0.345 e. The molecule has 0 atom stereocenters. The van der Waals surface area contributed by atoms with Gasteiger partial charge in [0.25, 0.3) is 10.0 Å². The molecule has 2 heterocycles. The van der Waals surface area contributed by atoms with Gasteiger partial charge in [0.05, 0.1) is 22.4 Å². The number of thiophene rings is 1. The van der Waals surface area contributed by atoms with Gasteiger partial charge in [0.2, 0.25) is 0 Å². The Bertz CT molecular complexity index is 1320. The zero-order valence-corrected chi connectivity index (χ0v) is 19.1. The number of nitrogens with one attached hydrogen (secondary N) is 2. The monoisotopic (exact) mass is 483 g/mol. The van der Waals surface area contributed by atoms with E-state index >= 15 is 0 Å². The molecular weight excluding hydrogens is 462 g/mol. The Hall–Kier alpha value is -3.63. The molecule has 2 N–H and O–H groups in total. The molecule has 0 bridgehead atoms. The van der Waals surface area contributed by atoms with E-state index in [0.29, 0.717) is 22.9 Å². The third-order valence-corrected chi connectivity index (χ3v) is 7.69. The SMILES string of the molecule is C=COC(=O)c1ccsc1NC(=O)Nc1cccc(S(=O)(=O)N2CCCc3ccccc32)c1. The Morgan fingerprint density at radius 3 is 2.73 bits per heavy atom. The highest BCUT2D eigenvalue weighted by atomic mass is 32.2. The minimum Gasteiger partial charge on any atom is -0.431 e. The summed E-state index contributed by atoms with van der Waals surface area (Å²) >= 11 is 1.15. The first-order valence-electron chi connectivity index (χ1n) is 10.1. The van der Waals surface area contributed by atoms with Gasteiger partial charge in [0.15, 0.2) is 0 Å². The fourth-order valence-corrected chi connectivity index (χ4v) is 5.94. The number of hydrogen-bond donors (Lipinski definition) is 2. The lowest BCUT2D eigenvalue weighted by molar-refractivity contribution is 0.0666. The molecule has 0 fully saturated rings. The van der Waals surface area contributed by atoms with Gasteiger partial charge < -0.3 is 10.1 Å². The van der Waals surface area contributed by atoms with Crippen LogP contribution in [-0.4, -0.2) is 27.0 Å². The van der Waals surface area contributed by atoms with E-state index in [4.69, 9.17) is 4.74 Å². The second-order valence-electron chi connectivity index (χ2n) is 7.15. The normalized spacial score (nSPS) is 13.0. The molecular formula is C23H21N3O5S2. The van der Waals surface area contributed by atoms with Crippen molar-refractivity contribution in [2.45, 2.75) is 17.7 Å². The number of aryl methyl sites for hydroxylation is 1. The number of carbonyl (C=O) groups excluding carboxylic acids is 2. The van der Waals surface area contributed by atoms with Gasteiger partial charge in [-0.25, -0.2) is 18.0 Å². The number of benzene rings is 2. The number of anilines is 3. The molecule has 2 amide bonds. The number of urea groups is 1. The van der Waals surface area contributed by atoms with Crippen molar-refractivity contribution in [3.8, 4) is 0 Å². The van der Waals surface area contributed by atoms with Gasteiger partial charge in [-0.2, -0.15) is 0 Å². The van der Waals surface area contributed by atoms with E-state index in [0.717, 1.165) is 36.0 Å². The summed E-state index contributed by atoms with van der Waals surface area (Å²) in [6.07, 6.45) is 2.57. The molecule has 4 rings (SSSR count). The Balaban J connectivity index is 1.52. The van der Waals surface area contributed by atoms with Crippen molar-refractivity contribution < 1.29 is 22.7 Å². The molecule has 0 saturated carbocycles. The molecule has 1 aliphatic rings. The summed E-state index contributed by atoms with van der Waals surface area (Å²) in [6.45, 7) is 3.73. The van der Waals surface area contributed by atoms with Gasteiger partial charge in [-0.15, -0.1) is 11.3 Å². The fraction of sp³-hybridized carbons (Fsp3) is 0.130. The van der Waals surface area contributed by atoms with Crippen LogP contribution in [0, 0.1) is 0 Å². The number of ether oxygens (including phenoxy) is 1. The number of hydrogen-bond acceptors (Lipinski definition) is 6. The lowest BCUT2D eigenvalue weighted by Crippen LogP contribution is -2.35. The summed E-state index contributed by atoms with van der Waals surface area (Å²) in [4.78, 5) is 24.5. The first-order chi connectivity index (χ1) is 15.9. The maximum atomic E-state index is 13.4. The molecule has 0 unspecified atom stereocenters. The van der Waals surface area contributed by atoms with E-state index in [-0.39, 0.29) is 10.5 Å². The average molecular weight is 484 g/mol. The number of fused-ring (bicyclic) bond motifs is 1. The first kappa shape index (κ1) is 22.6. The van der Waals surface area contributed by atoms with Crippen LogP contribution < -0.4 is 14.9 Å². The third-order valence-electron chi connectivity index (χ3n) is 5.05. The molecule has 0 saturated heterocycles. The van der Waals surface area contributed by atoms with E-state index < -0.39 is 22.0 Å². The Kier molecular flexibility index (Phi) is 6.47. The molecule has 8 nitrogen and oxygen atoms in total. The van der Waals surface area contributed by atoms with Crippen LogP contribution in [0.2, 0.25) is 0 Å². The van der Waals surface area contributed by atoms with E-state index in [1.54, 1.807) is 23.6 Å². The van der Waals surface area contributed by atoms with Crippen LogP contribution in [0.3, 0.4) is 0 Å². The zero-order valence-electron chi connectivity index (χ0n) is 17.5. The molecule has 170 valence electrons. The van der Waals surface area contributed by atoms with Crippen molar-refractivity contribution in [2.24, 2.45) is 0 Å². The van der Waals surface area contributed by atoms with Crippen LogP contribution >= 0.6 is 11.3 Å². The highest BCUT2D eigenvalue weighted by Gasteiger charge is 2.29. The Morgan fingerprint density at radius 2 is 1.91 bits per heavy atom. The number of rotatable bonds is 6. The van der Waals surface area contributed by atoms with Crippen LogP contribution in [-0.2, 0) is 21.2 Å². The molecule has 1 aromatic heterocycles. The number of nitrogens with zero attached hydrogens (tertiary/aromatic N) is 1. The molecule has 0 spiro atoms. The Morgan fingerprint density at radius 1 is 1.09 bits per heavy atom. The molecule has 10 heteroatoms. The van der Waals surface area contributed by atoms with Crippen molar-refractivity contribution in [3.05, 3.63) is 83.9 Å². The molecule has 1 aliphatic heterocycles. The highest BCUT2D eigenvalue weighted by molar-refractivity contribution is 7.92. The maximum absolute atomic E-state index is 13.4. The minimum atomic E-state index is -3.81. The second-order valence-corrected chi connectivity index (χ2v) is 9.93. The maximum Gasteiger partial charge on any atom is 0.345 e. The van der Waals surface area contributed by atoms with Crippen LogP contribution in [0.5, 0.6) is 0 Å². The number of carbonyl (C=O) groups is 2. The third kappa shape index (κ3) is 4.76. The Labute approximate surface area is 195 Å². The van der Waals surface area contributed by atoms with E-state index in [1.165, 1.54) is 22.5 Å². The van der Waals surface area contributed by atoms with Gasteiger partial charge in [0, 0.05) is 12.2 Å². The van der Waals surface area contributed by atoms with Gasteiger partial charge in [-0.1, -0.05) is 30.8 Å². The van der Waals surface area contributed by atoms with Gasteiger partial charge in [0.1, 0.15) is 5.00 Å². The minimum absolute atomic E-state index is 0.0726. The van der Waals surface area contributed by atoms with Crippen molar-refractivity contribution in [1.29, 1.82) is 0 Å². The van der Waals surface area contributed by atoms with Crippen molar-refractivity contribution in [3.63, 3.8) is 0 Å². The zero-order chi connectivity index (χ0) is 23.4. The number of para-hydroxylation sites is 1. The lowest BCUT2D eigenvalue weighted by atomic mass is 10.0. The fourth-order valence-electron chi connectivity index (χ4n) is 3.58.